The number of halogens is 1. The molecule has 1 aliphatic heterocycles. The first-order valence-electron chi connectivity index (χ1n) is 7.74. The van der Waals surface area contributed by atoms with E-state index in [0.29, 0.717) is 30.1 Å². The second-order valence-corrected chi connectivity index (χ2v) is 6.46. The lowest BCUT2D eigenvalue weighted by atomic mass is 10.1. The minimum Gasteiger partial charge on any atom is -0.472 e. The summed E-state index contributed by atoms with van der Waals surface area (Å²) in [4.78, 5) is 18.6. The van der Waals surface area contributed by atoms with Crippen LogP contribution < -0.4 is 4.74 Å². The summed E-state index contributed by atoms with van der Waals surface area (Å²) < 4.78 is 6.67. The average molecular weight is 386 g/mol. The quantitative estimate of drug-likeness (QED) is 0.811. The van der Waals surface area contributed by atoms with Gasteiger partial charge in [0.25, 0.3) is 5.91 Å². The Balaban J connectivity index is 1.69. The predicted octanol–water partition coefficient (Wildman–Crippen LogP) is 3.40. The Morgan fingerprint density at radius 1 is 1.38 bits per heavy atom. The van der Waals surface area contributed by atoms with Gasteiger partial charge < -0.3 is 9.64 Å². The number of aromatic nitrogens is 1. The van der Waals surface area contributed by atoms with E-state index < -0.39 is 0 Å². The molecule has 5 nitrogen and oxygen atoms in total. The van der Waals surface area contributed by atoms with Gasteiger partial charge in [0.15, 0.2) is 0 Å². The van der Waals surface area contributed by atoms with Crippen molar-refractivity contribution in [1.82, 2.24) is 9.88 Å². The van der Waals surface area contributed by atoms with Crippen LogP contribution in [0.1, 0.15) is 28.8 Å². The van der Waals surface area contributed by atoms with Gasteiger partial charge in [-0.05, 0) is 47.0 Å². The van der Waals surface area contributed by atoms with Crippen molar-refractivity contribution in [3.8, 4) is 11.9 Å². The highest BCUT2D eigenvalue weighted by Crippen LogP contribution is 2.22. The van der Waals surface area contributed by atoms with Gasteiger partial charge in [0.1, 0.15) is 6.10 Å². The zero-order valence-corrected chi connectivity index (χ0v) is 14.6. The van der Waals surface area contributed by atoms with Crippen LogP contribution in [0.2, 0.25) is 0 Å². The van der Waals surface area contributed by atoms with E-state index in [1.807, 2.05) is 29.2 Å². The van der Waals surface area contributed by atoms with Crippen molar-refractivity contribution in [2.24, 2.45) is 0 Å². The largest absolute Gasteiger partial charge is 0.472 e. The Kier molecular flexibility index (Phi) is 5.11. The van der Waals surface area contributed by atoms with Gasteiger partial charge in [-0.25, -0.2) is 4.98 Å². The summed E-state index contributed by atoms with van der Waals surface area (Å²) in [5, 5.41) is 8.94. The van der Waals surface area contributed by atoms with Crippen molar-refractivity contribution >= 4 is 21.8 Å². The number of hydrogen-bond donors (Lipinski definition) is 0. The molecule has 0 radical (unpaired) electrons. The number of piperidine rings is 1. The predicted molar refractivity (Wildman–Crippen MR) is 92.6 cm³/mol. The molecule has 3 rings (SSSR count). The molecule has 0 N–H and O–H groups in total. The molecule has 1 aromatic carbocycles. The van der Waals surface area contributed by atoms with E-state index in [2.05, 4.69) is 27.0 Å². The molecule has 24 heavy (non-hydrogen) atoms. The highest BCUT2D eigenvalue weighted by molar-refractivity contribution is 9.10. The molecule has 6 heteroatoms. The number of nitrogens with zero attached hydrogens (tertiary/aromatic N) is 3. The third-order valence-corrected chi connectivity index (χ3v) is 4.61. The van der Waals surface area contributed by atoms with E-state index in [9.17, 15) is 4.79 Å². The van der Waals surface area contributed by atoms with Gasteiger partial charge in [0.05, 0.1) is 23.7 Å². The Bertz CT molecular complexity index is 788. The number of amides is 1. The van der Waals surface area contributed by atoms with Gasteiger partial charge >= 0.3 is 0 Å². The number of benzene rings is 1. The number of carbonyl (C=O) groups excluding carboxylic acids is 1. The van der Waals surface area contributed by atoms with Crippen LogP contribution in [0.4, 0.5) is 0 Å². The minimum absolute atomic E-state index is 0.00508. The monoisotopic (exact) mass is 385 g/mol. The number of likely N-dealkylation sites (tertiary alicyclic amines) is 1. The van der Waals surface area contributed by atoms with E-state index in [-0.39, 0.29) is 12.0 Å². The van der Waals surface area contributed by atoms with Gasteiger partial charge in [-0.2, -0.15) is 5.26 Å². The van der Waals surface area contributed by atoms with E-state index >= 15 is 0 Å². The summed E-state index contributed by atoms with van der Waals surface area (Å²) >= 11 is 3.43. The van der Waals surface area contributed by atoms with Crippen LogP contribution >= 0.6 is 15.9 Å². The van der Waals surface area contributed by atoms with Crippen LogP contribution in [0, 0.1) is 11.3 Å². The first-order valence-corrected chi connectivity index (χ1v) is 8.53. The fourth-order valence-electron chi connectivity index (χ4n) is 2.74. The zero-order valence-electron chi connectivity index (χ0n) is 13.0. The Hall–Kier alpha value is -2.39. The van der Waals surface area contributed by atoms with Gasteiger partial charge in [0.2, 0.25) is 5.88 Å². The second kappa shape index (κ2) is 7.45. The summed E-state index contributed by atoms with van der Waals surface area (Å²) in [7, 11) is 0. The average Bonchev–Trinajstić information content (AvgIpc) is 2.62. The second-order valence-electron chi connectivity index (χ2n) is 5.61. The third kappa shape index (κ3) is 3.74. The number of pyridine rings is 1. The number of ether oxygens (including phenoxy) is 1. The first-order chi connectivity index (χ1) is 11.7. The molecule has 1 unspecified atom stereocenters. The molecular weight excluding hydrogens is 370 g/mol. The van der Waals surface area contributed by atoms with E-state index in [1.165, 1.54) is 0 Å². The molecule has 0 aliphatic carbocycles. The fourth-order valence-corrected chi connectivity index (χ4v) is 3.19. The van der Waals surface area contributed by atoms with Gasteiger partial charge in [-0.15, -0.1) is 0 Å². The fraction of sp³-hybridized carbons (Fsp3) is 0.278. The number of nitriles is 1. The summed E-state index contributed by atoms with van der Waals surface area (Å²) in [6, 6.07) is 12.7. The van der Waals surface area contributed by atoms with Crippen LogP contribution in [0.25, 0.3) is 0 Å². The normalized spacial score (nSPS) is 17.2. The highest BCUT2D eigenvalue weighted by Gasteiger charge is 2.26. The molecule has 1 amide bonds. The number of hydrogen-bond acceptors (Lipinski definition) is 4. The van der Waals surface area contributed by atoms with Gasteiger partial charge in [0, 0.05) is 23.3 Å². The van der Waals surface area contributed by atoms with Crippen molar-refractivity contribution in [3.63, 3.8) is 0 Å². The van der Waals surface area contributed by atoms with Crippen molar-refractivity contribution < 1.29 is 9.53 Å². The highest BCUT2D eigenvalue weighted by atomic mass is 79.9. The van der Waals surface area contributed by atoms with Crippen LogP contribution in [0.15, 0.2) is 47.1 Å². The third-order valence-electron chi connectivity index (χ3n) is 3.92. The Labute approximate surface area is 149 Å². The maximum Gasteiger partial charge on any atom is 0.255 e. The van der Waals surface area contributed by atoms with Crippen LogP contribution in [-0.4, -0.2) is 35.0 Å². The molecular formula is C18H16BrN3O2. The van der Waals surface area contributed by atoms with E-state index in [4.69, 9.17) is 10.00 Å². The molecule has 0 saturated carbocycles. The first kappa shape index (κ1) is 16.5. The lowest BCUT2D eigenvalue weighted by Crippen LogP contribution is -2.44. The smallest absolute Gasteiger partial charge is 0.255 e. The van der Waals surface area contributed by atoms with Crippen molar-refractivity contribution in [2.75, 3.05) is 13.1 Å². The molecule has 0 bridgehead atoms. The number of carbonyl (C=O) groups is 1. The standard InChI is InChI=1S/C18H16BrN3O2/c19-16-6-2-1-5-15(16)18(23)22-9-3-4-14(12-22)24-17-10-13(11-20)7-8-21-17/h1-2,5-8,10,14H,3-4,9,12H2. The van der Waals surface area contributed by atoms with Gasteiger partial charge in [-0.1, -0.05) is 12.1 Å². The minimum atomic E-state index is -0.119. The summed E-state index contributed by atoms with van der Waals surface area (Å²) in [5.41, 5.74) is 1.17. The Morgan fingerprint density at radius 3 is 3.00 bits per heavy atom. The molecule has 1 fully saturated rings. The van der Waals surface area contributed by atoms with E-state index in [1.54, 1.807) is 18.3 Å². The molecule has 1 atom stereocenters. The van der Waals surface area contributed by atoms with Crippen LogP contribution in [0.3, 0.4) is 0 Å². The topological polar surface area (TPSA) is 66.2 Å². The Morgan fingerprint density at radius 2 is 2.21 bits per heavy atom. The summed E-state index contributed by atoms with van der Waals surface area (Å²) in [6.07, 6.45) is 3.17. The lowest BCUT2D eigenvalue weighted by Gasteiger charge is -2.32. The van der Waals surface area contributed by atoms with E-state index in [0.717, 1.165) is 17.3 Å². The van der Waals surface area contributed by atoms with Gasteiger partial charge in [-0.3, -0.25) is 4.79 Å². The zero-order chi connectivity index (χ0) is 16.9. The van der Waals surface area contributed by atoms with Crippen LogP contribution in [0.5, 0.6) is 5.88 Å². The molecule has 0 spiro atoms. The van der Waals surface area contributed by atoms with Crippen molar-refractivity contribution in [3.05, 3.63) is 58.2 Å². The summed E-state index contributed by atoms with van der Waals surface area (Å²) in [5.74, 6) is 0.420. The maximum absolute atomic E-state index is 12.7. The maximum atomic E-state index is 12.7. The van der Waals surface area contributed by atoms with Crippen LogP contribution in [-0.2, 0) is 0 Å². The van der Waals surface area contributed by atoms with Crippen molar-refractivity contribution in [2.45, 2.75) is 18.9 Å². The lowest BCUT2D eigenvalue weighted by molar-refractivity contribution is 0.0527. The molecule has 2 heterocycles. The van der Waals surface area contributed by atoms with Crippen molar-refractivity contribution in [1.29, 1.82) is 5.26 Å². The summed E-state index contributed by atoms with van der Waals surface area (Å²) in [6.45, 7) is 1.23. The molecule has 1 saturated heterocycles. The number of rotatable bonds is 3. The molecule has 2 aromatic rings. The molecule has 122 valence electrons. The molecule has 1 aliphatic rings. The SMILES string of the molecule is N#Cc1ccnc(OC2CCCN(C(=O)c3ccccc3Br)C2)c1. The molecule has 1 aromatic heterocycles.